The Kier molecular flexibility index (Phi) is 4.08. The number of carbonyl (C=O) groups excluding carboxylic acids is 1. The monoisotopic (exact) mass is 367 g/mol. The van der Waals surface area contributed by atoms with Gasteiger partial charge in [-0.05, 0) is 37.1 Å². The Balaban J connectivity index is 2.08. The molecule has 1 aromatic heterocycles. The number of fused-ring (bicyclic) bond motifs is 2. The first-order valence-corrected chi connectivity index (χ1v) is 8.68. The van der Waals surface area contributed by atoms with Crippen LogP contribution in [0.4, 0.5) is 4.39 Å². The molecule has 1 N–H and O–H groups in total. The highest BCUT2D eigenvalue weighted by atomic mass is 19.1. The maximum absolute atomic E-state index is 14.5. The van der Waals surface area contributed by atoms with Crippen LogP contribution >= 0.6 is 0 Å². The summed E-state index contributed by atoms with van der Waals surface area (Å²) in [5.41, 5.74) is 1.98. The molecule has 0 saturated carbocycles. The molecule has 0 bridgehead atoms. The van der Waals surface area contributed by atoms with Gasteiger partial charge in [0.25, 0.3) is 5.91 Å². The number of benzene rings is 2. The van der Waals surface area contributed by atoms with Gasteiger partial charge >= 0.3 is 0 Å². The predicted molar refractivity (Wildman–Crippen MR) is 98.3 cm³/mol. The van der Waals surface area contributed by atoms with Crippen LogP contribution in [0.15, 0.2) is 45.6 Å². The third-order valence-electron chi connectivity index (χ3n) is 4.94. The molecule has 1 aliphatic rings. The first kappa shape index (κ1) is 17.4. The smallest absolute Gasteiger partial charge is 0.290 e. The molecule has 5 nitrogen and oxygen atoms in total. The fourth-order valence-corrected chi connectivity index (χ4v) is 3.83. The zero-order valence-corrected chi connectivity index (χ0v) is 15.0. The minimum Gasteiger partial charge on any atom is -0.450 e. The number of nitrogens with zero attached hydrogens (tertiary/aromatic N) is 1. The molecule has 1 aliphatic heterocycles. The molecule has 138 valence electrons. The van der Waals surface area contributed by atoms with Crippen molar-refractivity contribution >= 4 is 16.9 Å². The number of amides is 1. The molecular formula is C21H18FNO4. The van der Waals surface area contributed by atoms with Crippen molar-refractivity contribution in [3.05, 3.63) is 80.5 Å². The van der Waals surface area contributed by atoms with E-state index in [1.807, 2.05) is 19.9 Å². The summed E-state index contributed by atoms with van der Waals surface area (Å²) >= 11 is 0. The van der Waals surface area contributed by atoms with Gasteiger partial charge in [0.2, 0.25) is 5.76 Å². The molecule has 3 aromatic rings. The lowest BCUT2D eigenvalue weighted by Gasteiger charge is -2.24. The molecule has 0 aliphatic carbocycles. The molecule has 4 rings (SSSR count). The minimum absolute atomic E-state index is 0.0319. The van der Waals surface area contributed by atoms with Gasteiger partial charge in [-0.25, -0.2) is 4.39 Å². The van der Waals surface area contributed by atoms with E-state index in [0.29, 0.717) is 11.0 Å². The van der Waals surface area contributed by atoms with Gasteiger partial charge in [0.05, 0.1) is 23.6 Å². The van der Waals surface area contributed by atoms with Crippen LogP contribution in [-0.2, 0) is 0 Å². The highest BCUT2D eigenvalue weighted by molar-refractivity contribution is 5.99. The SMILES string of the molecule is Cc1cc(C)c2oc3c(c(=O)c2c1)[C@H](c1ccccc1F)N(CCO)C3=O. The lowest BCUT2D eigenvalue weighted by molar-refractivity contribution is 0.0689. The van der Waals surface area contributed by atoms with E-state index in [-0.39, 0.29) is 35.5 Å². The van der Waals surface area contributed by atoms with Crippen molar-refractivity contribution in [2.45, 2.75) is 19.9 Å². The van der Waals surface area contributed by atoms with Crippen LogP contribution in [0.2, 0.25) is 0 Å². The summed E-state index contributed by atoms with van der Waals surface area (Å²) in [7, 11) is 0. The highest BCUT2D eigenvalue weighted by Gasteiger charge is 2.43. The molecule has 6 heteroatoms. The molecule has 2 heterocycles. The summed E-state index contributed by atoms with van der Waals surface area (Å²) in [6.45, 7) is 3.34. The average molecular weight is 367 g/mol. The van der Waals surface area contributed by atoms with Crippen molar-refractivity contribution in [3.8, 4) is 0 Å². The fraction of sp³-hybridized carbons (Fsp3) is 0.238. The van der Waals surface area contributed by atoms with E-state index >= 15 is 0 Å². The number of rotatable bonds is 3. The zero-order chi connectivity index (χ0) is 19.3. The van der Waals surface area contributed by atoms with Gasteiger partial charge in [-0.1, -0.05) is 24.3 Å². The Morgan fingerprint density at radius 1 is 1.19 bits per heavy atom. The van der Waals surface area contributed by atoms with Gasteiger partial charge in [0.15, 0.2) is 5.43 Å². The quantitative estimate of drug-likeness (QED) is 0.772. The van der Waals surface area contributed by atoms with E-state index < -0.39 is 17.8 Å². The molecule has 0 radical (unpaired) electrons. The number of aliphatic hydroxyl groups is 1. The van der Waals surface area contributed by atoms with Crippen molar-refractivity contribution in [3.63, 3.8) is 0 Å². The molecule has 0 unspecified atom stereocenters. The number of hydrogen-bond acceptors (Lipinski definition) is 4. The van der Waals surface area contributed by atoms with Crippen LogP contribution in [-0.4, -0.2) is 29.1 Å². The second kappa shape index (κ2) is 6.32. The number of hydrogen-bond donors (Lipinski definition) is 1. The summed E-state index contributed by atoms with van der Waals surface area (Å²) in [6.07, 6.45) is 0. The average Bonchev–Trinajstić information content (AvgIpc) is 2.90. The van der Waals surface area contributed by atoms with Crippen molar-refractivity contribution in [2.75, 3.05) is 13.2 Å². The Hall–Kier alpha value is -2.99. The maximum atomic E-state index is 14.5. The maximum Gasteiger partial charge on any atom is 0.290 e. The van der Waals surface area contributed by atoms with Crippen molar-refractivity contribution in [2.24, 2.45) is 0 Å². The van der Waals surface area contributed by atoms with Crippen molar-refractivity contribution in [1.82, 2.24) is 4.90 Å². The Morgan fingerprint density at radius 2 is 1.93 bits per heavy atom. The van der Waals surface area contributed by atoms with Gasteiger partial charge in [0.1, 0.15) is 11.4 Å². The van der Waals surface area contributed by atoms with Crippen molar-refractivity contribution in [1.29, 1.82) is 0 Å². The van der Waals surface area contributed by atoms with Gasteiger partial charge in [0, 0.05) is 12.1 Å². The van der Waals surface area contributed by atoms with Gasteiger partial charge in [-0.2, -0.15) is 0 Å². The number of aliphatic hydroxyl groups excluding tert-OH is 1. The Morgan fingerprint density at radius 3 is 2.63 bits per heavy atom. The van der Waals surface area contributed by atoms with Crippen LogP contribution in [0, 0.1) is 19.7 Å². The topological polar surface area (TPSA) is 70.8 Å². The van der Waals surface area contributed by atoms with E-state index in [2.05, 4.69) is 0 Å². The van der Waals surface area contributed by atoms with Crippen LogP contribution in [0.3, 0.4) is 0 Å². The summed E-state index contributed by atoms with van der Waals surface area (Å²) in [5.74, 6) is -1.13. The number of halogens is 1. The summed E-state index contributed by atoms with van der Waals surface area (Å²) in [6, 6.07) is 8.67. The summed E-state index contributed by atoms with van der Waals surface area (Å²) in [4.78, 5) is 27.5. The van der Waals surface area contributed by atoms with Gasteiger partial charge in [-0.3, -0.25) is 9.59 Å². The molecule has 1 amide bonds. The summed E-state index contributed by atoms with van der Waals surface area (Å²) < 4.78 is 20.4. The van der Waals surface area contributed by atoms with Crippen LogP contribution in [0.25, 0.3) is 11.0 Å². The molecule has 0 saturated heterocycles. The standard InChI is InChI=1S/C21H18FNO4/c1-11-9-12(2)19-14(10-11)18(25)16-17(13-5-3-4-6-15(13)22)23(7-8-24)21(26)20(16)27-19/h3-6,9-10,17,24H,7-8H2,1-2H3/t17-/m0/s1. The van der Waals surface area contributed by atoms with Gasteiger partial charge < -0.3 is 14.4 Å². The zero-order valence-electron chi connectivity index (χ0n) is 15.0. The Labute approximate surface area is 154 Å². The minimum atomic E-state index is -0.928. The van der Waals surface area contributed by atoms with E-state index in [1.54, 1.807) is 18.2 Å². The van der Waals surface area contributed by atoms with E-state index in [4.69, 9.17) is 4.42 Å². The van der Waals surface area contributed by atoms with Crippen LogP contribution in [0.1, 0.15) is 38.9 Å². The Bertz CT molecular complexity index is 1130. The third-order valence-corrected chi connectivity index (χ3v) is 4.94. The highest BCUT2D eigenvalue weighted by Crippen LogP contribution is 2.39. The second-order valence-corrected chi connectivity index (χ2v) is 6.78. The van der Waals surface area contributed by atoms with Crippen LogP contribution in [0.5, 0.6) is 0 Å². The first-order chi connectivity index (χ1) is 12.9. The van der Waals surface area contributed by atoms with E-state index in [1.165, 1.54) is 17.0 Å². The molecule has 2 aromatic carbocycles. The molecular weight excluding hydrogens is 349 g/mol. The molecule has 1 atom stereocenters. The predicted octanol–water partition coefficient (Wildman–Crippen LogP) is 3.09. The molecule has 27 heavy (non-hydrogen) atoms. The normalized spacial score (nSPS) is 16.2. The number of carbonyl (C=O) groups is 1. The summed E-state index contributed by atoms with van der Waals surface area (Å²) in [5, 5.41) is 9.77. The lowest BCUT2D eigenvalue weighted by atomic mass is 9.97. The number of β-amino-alcohol motifs (C(OH)–C–C–N with tert-alkyl or cyclic N) is 1. The first-order valence-electron chi connectivity index (χ1n) is 8.68. The fourth-order valence-electron chi connectivity index (χ4n) is 3.83. The number of aryl methyl sites for hydroxylation is 2. The second-order valence-electron chi connectivity index (χ2n) is 6.78. The van der Waals surface area contributed by atoms with E-state index in [0.717, 1.165) is 11.1 Å². The van der Waals surface area contributed by atoms with Crippen molar-refractivity contribution < 1.29 is 18.7 Å². The van der Waals surface area contributed by atoms with Crippen LogP contribution < -0.4 is 5.43 Å². The molecule has 0 fully saturated rings. The van der Waals surface area contributed by atoms with Gasteiger partial charge in [-0.15, -0.1) is 0 Å². The van der Waals surface area contributed by atoms with E-state index in [9.17, 15) is 19.1 Å². The largest absolute Gasteiger partial charge is 0.450 e. The molecule has 0 spiro atoms. The third kappa shape index (κ3) is 2.56. The lowest BCUT2D eigenvalue weighted by Crippen LogP contribution is -2.32.